The second-order valence-corrected chi connectivity index (χ2v) is 11.9. The fourth-order valence-electron chi connectivity index (χ4n) is 4.13. The molecule has 220 valence electrons. The number of likely N-dealkylation sites (N-methyl/N-ethyl adjacent to an activating group) is 1. The predicted molar refractivity (Wildman–Crippen MR) is 153 cm³/mol. The van der Waals surface area contributed by atoms with Gasteiger partial charge in [-0.3, -0.25) is 13.9 Å². The Hall–Kier alpha value is -3.28. The van der Waals surface area contributed by atoms with Crippen LogP contribution in [0.3, 0.4) is 0 Å². The first kappa shape index (κ1) is 32.2. The topological polar surface area (TPSA) is 86.8 Å². The second kappa shape index (κ2) is 13.6. The third-order valence-electron chi connectivity index (χ3n) is 6.11. The van der Waals surface area contributed by atoms with E-state index in [9.17, 15) is 31.2 Å². The van der Waals surface area contributed by atoms with E-state index >= 15 is 0 Å². The van der Waals surface area contributed by atoms with Crippen LogP contribution in [0.15, 0.2) is 72.8 Å². The number of alkyl halides is 3. The smallest absolute Gasteiger partial charge is 0.355 e. The molecule has 3 rings (SSSR count). The lowest BCUT2D eigenvalue weighted by molar-refractivity contribution is -0.140. The quantitative estimate of drug-likeness (QED) is 0.301. The van der Waals surface area contributed by atoms with Gasteiger partial charge in [0.2, 0.25) is 21.8 Å². The molecule has 1 unspecified atom stereocenters. The third-order valence-corrected chi connectivity index (χ3v) is 7.83. The van der Waals surface area contributed by atoms with Crippen molar-refractivity contribution in [2.75, 3.05) is 23.7 Å². The Morgan fingerprint density at radius 3 is 2.15 bits per heavy atom. The zero-order chi connectivity index (χ0) is 30.4. The molecule has 0 aliphatic carbocycles. The summed E-state index contributed by atoms with van der Waals surface area (Å²) in [5.41, 5.74) is -0.311. The molecule has 0 aliphatic rings. The highest BCUT2D eigenvalue weighted by Gasteiger charge is 2.36. The van der Waals surface area contributed by atoms with Crippen molar-refractivity contribution < 1.29 is 31.2 Å². The van der Waals surface area contributed by atoms with Crippen molar-refractivity contribution in [2.24, 2.45) is 0 Å². The first-order valence-electron chi connectivity index (χ1n) is 12.4. The number of carbonyl (C=O) groups excluding carboxylic acids is 2. The van der Waals surface area contributed by atoms with Crippen LogP contribution in [0.1, 0.15) is 23.6 Å². The first-order chi connectivity index (χ1) is 19.2. The van der Waals surface area contributed by atoms with Gasteiger partial charge in [0.25, 0.3) is 0 Å². The van der Waals surface area contributed by atoms with Crippen LogP contribution in [0.4, 0.5) is 18.9 Å². The van der Waals surface area contributed by atoms with Crippen LogP contribution in [0.5, 0.6) is 0 Å². The molecule has 7 nitrogen and oxygen atoms in total. The average molecular weight is 631 g/mol. The zero-order valence-corrected chi connectivity index (χ0v) is 24.5. The molecule has 0 saturated carbocycles. The highest BCUT2D eigenvalue weighted by atomic mass is 35.5. The molecule has 0 heterocycles. The summed E-state index contributed by atoms with van der Waals surface area (Å²) in [7, 11) is -4.26. The van der Waals surface area contributed by atoms with E-state index in [2.05, 4.69) is 5.32 Å². The maximum atomic E-state index is 13.9. The number of amides is 2. The molecule has 41 heavy (non-hydrogen) atoms. The lowest BCUT2D eigenvalue weighted by atomic mass is 10.0. The zero-order valence-electron chi connectivity index (χ0n) is 22.2. The molecule has 3 aromatic rings. The fraction of sp³-hybridized carbons (Fsp3) is 0.286. The van der Waals surface area contributed by atoms with Crippen molar-refractivity contribution >= 4 is 50.7 Å². The lowest BCUT2D eigenvalue weighted by Crippen LogP contribution is -2.53. The van der Waals surface area contributed by atoms with Crippen LogP contribution in [0.2, 0.25) is 10.0 Å². The molecule has 1 N–H and O–H groups in total. The summed E-state index contributed by atoms with van der Waals surface area (Å²) in [5, 5.41) is 2.54. The molecule has 0 saturated heterocycles. The summed E-state index contributed by atoms with van der Waals surface area (Å²) in [6.45, 7) is 1.02. The summed E-state index contributed by atoms with van der Waals surface area (Å²) in [4.78, 5) is 28.4. The molecule has 2 amide bonds. The van der Waals surface area contributed by atoms with Crippen LogP contribution in [0, 0.1) is 0 Å². The van der Waals surface area contributed by atoms with Gasteiger partial charge in [0, 0.05) is 24.5 Å². The van der Waals surface area contributed by atoms with E-state index in [0.717, 1.165) is 24.0 Å². The van der Waals surface area contributed by atoms with Gasteiger partial charge in [0.1, 0.15) is 12.6 Å². The van der Waals surface area contributed by atoms with Crippen molar-refractivity contribution in [3.63, 3.8) is 0 Å². The number of hydrogen-bond acceptors (Lipinski definition) is 4. The molecule has 0 fully saturated rings. The molecule has 0 radical (unpaired) electrons. The van der Waals surface area contributed by atoms with Crippen molar-refractivity contribution in [3.05, 3.63) is 99.5 Å². The largest absolute Gasteiger partial charge is 0.417 e. The Bertz CT molecular complexity index is 1470. The van der Waals surface area contributed by atoms with Gasteiger partial charge in [-0.2, -0.15) is 13.2 Å². The molecule has 0 aromatic heterocycles. The summed E-state index contributed by atoms with van der Waals surface area (Å²) in [5.74, 6) is -1.28. The molecule has 13 heteroatoms. The van der Waals surface area contributed by atoms with Gasteiger partial charge >= 0.3 is 6.18 Å². The van der Waals surface area contributed by atoms with Crippen LogP contribution in [-0.2, 0) is 38.8 Å². The molecule has 0 bridgehead atoms. The highest BCUT2D eigenvalue weighted by molar-refractivity contribution is 7.92. The number of benzene rings is 3. The van der Waals surface area contributed by atoms with E-state index in [1.807, 2.05) is 0 Å². The van der Waals surface area contributed by atoms with Gasteiger partial charge in [-0.15, -0.1) is 0 Å². The minimum absolute atomic E-state index is 0.101. The number of nitrogens with zero attached hydrogens (tertiary/aromatic N) is 2. The molecule has 0 aliphatic heterocycles. The SMILES string of the molecule is CCNC(=O)C(Cc1ccccc1)N(Cc1ccc(Cl)cc1)C(=O)CN(c1ccc(Cl)c(C(F)(F)F)c1)S(C)(=O)=O. The van der Waals surface area contributed by atoms with Crippen molar-refractivity contribution in [1.82, 2.24) is 10.2 Å². The summed E-state index contributed by atoms with van der Waals surface area (Å²) in [6.07, 6.45) is -3.99. The van der Waals surface area contributed by atoms with Crippen LogP contribution < -0.4 is 9.62 Å². The summed E-state index contributed by atoms with van der Waals surface area (Å²) >= 11 is 11.7. The Morgan fingerprint density at radius 2 is 1.59 bits per heavy atom. The minimum atomic E-state index is -4.86. The van der Waals surface area contributed by atoms with Gasteiger partial charge in [-0.05, 0) is 48.4 Å². The fourth-order valence-corrected chi connectivity index (χ4v) is 5.32. The number of rotatable bonds is 11. The molecule has 0 spiro atoms. The van der Waals surface area contributed by atoms with Crippen LogP contribution >= 0.6 is 23.2 Å². The van der Waals surface area contributed by atoms with E-state index < -0.39 is 56.9 Å². The van der Waals surface area contributed by atoms with Gasteiger partial charge in [0.15, 0.2) is 0 Å². The summed E-state index contributed by atoms with van der Waals surface area (Å²) < 4.78 is 66.7. The molecular weight excluding hydrogens is 602 g/mol. The van der Waals surface area contributed by atoms with Crippen LogP contribution in [0.25, 0.3) is 0 Å². The standard InChI is InChI=1S/C28H28Cl2F3N3O4S/c1-3-34-27(38)25(15-19-7-5-4-6-8-19)35(17-20-9-11-21(29)12-10-20)26(37)18-36(41(2,39)40)22-13-14-24(30)23(16-22)28(31,32)33/h4-14,16,25H,3,15,17-18H2,1-2H3,(H,34,38). The lowest BCUT2D eigenvalue weighted by Gasteiger charge is -2.33. The van der Waals surface area contributed by atoms with E-state index in [1.54, 1.807) is 61.5 Å². The summed E-state index contributed by atoms with van der Waals surface area (Å²) in [6, 6.07) is 16.9. The average Bonchev–Trinajstić information content (AvgIpc) is 2.90. The Morgan fingerprint density at radius 1 is 0.951 bits per heavy atom. The number of halogens is 5. The maximum Gasteiger partial charge on any atom is 0.417 e. The third kappa shape index (κ3) is 8.85. The van der Waals surface area contributed by atoms with Crippen molar-refractivity contribution in [2.45, 2.75) is 32.1 Å². The monoisotopic (exact) mass is 629 g/mol. The maximum absolute atomic E-state index is 13.9. The number of carbonyl (C=O) groups is 2. The van der Waals surface area contributed by atoms with E-state index in [4.69, 9.17) is 23.2 Å². The Balaban J connectivity index is 2.08. The highest BCUT2D eigenvalue weighted by Crippen LogP contribution is 2.37. The van der Waals surface area contributed by atoms with Crippen molar-refractivity contribution in [1.29, 1.82) is 0 Å². The van der Waals surface area contributed by atoms with Gasteiger partial charge in [0.05, 0.1) is 22.5 Å². The number of sulfonamides is 1. The second-order valence-electron chi connectivity index (χ2n) is 9.18. The normalized spacial score (nSPS) is 12.5. The molecular formula is C28H28Cl2F3N3O4S. The van der Waals surface area contributed by atoms with Crippen molar-refractivity contribution in [3.8, 4) is 0 Å². The van der Waals surface area contributed by atoms with Gasteiger partial charge < -0.3 is 10.2 Å². The van der Waals surface area contributed by atoms with E-state index in [1.165, 1.54) is 4.90 Å². The first-order valence-corrected chi connectivity index (χ1v) is 15.0. The van der Waals surface area contributed by atoms with E-state index in [0.29, 0.717) is 21.0 Å². The molecule has 3 aromatic carbocycles. The Kier molecular flexibility index (Phi) is 10.7. The van der Waals surface area contributed by atoms with E-state index in [-0.39, 0.29) is 19.5 Å². The van der Waals surface area contributed by atoms with Gasteiger partial charge in [-0.1, -0.05) is 65.7 Å². The predicted octanol–water partition coefficient (Wildman–Crippen LogP) is 5.55. The Labute approximate surface area is 246 Å². The van der Waals surface area contributed by atoms with Crippen LogP contribution in [-0.4, -0.2) is 50.5 Å². The minimum Gasteiger partial charge on any atom is -0.355 e. The molecule has 1 atom stereocenters. The number of nitrogens with one attached hydrogen (secondary N) is 1. The number of anilines is 1. The van der Waals surface area contributed by atoms with Gasteiger partial charge in [-0.25, -0.2) is 8.42 Å². The number of hydrogen-bond donors (Lipinski definition) is 1.